The number of nitrogens with zero attached hydrogens (tertiary/aromatic N) is 3. The van der Waals surface area contributed by atoms with Crippen LogP contribution >= 0.6 is 11.8 Å². The average molecular weight is 400 g/mol. The van der Waals surface area contributed by atoms with Gasteiger partial charge < -0.3 is 14.6 Å². The Morgan fingerprint density at radius 2 is 1.89 bits per heavy atom. The van der Waals surface area contributed by atoms with Gasteiger partial charge in [0, 0.05) is 12.2 Å². The van der Waals surface area contributed by atoms with Crippen molar-refractivity contribution in [2.45, 2.75) is 31.7 Å². The number of ether oxygens (including phenoxy) is 1. The maximum Gasteiger partial charge on any atom is 0.234 e. The van der Waals surface area contributed by atoms with Gasteiger partial charge in [-0.15, -0.1) is 10.2 Å². The van der Waals surface area contributed by atoms with Crippen LogP contribution in [0.5, 0.6) is 5.75 Å². The van der Waals surface area contributed by atoms with Gasteiger partial charge in [-0.1, -0.05) is 30.0 Å². The van der Waals surface area contributed by atoms with Crippen LogP contribution in [-0.4, -0.2) is 26.4 Å². The van der Waals surface area contributed by atoms with Gasteiger partial charge in [0.2, 0.25) is 5.91 Å². The number of anilines is 1. The molecule has 28 heavy (non-hydrogen) atoms. The highest BCUT2D eigenvalue weighted by Gasteiger charge is 2.19. The molecule has 0 bridgehead atoms. The van der Waals surface area contributed by atoms with E-state index in [1.165, 1.54) is 36.0 Å². The predicted molar refractivity (Wildman–Crippen MR) is 107 cm³/mol. The number of halogens is 1. The first-order valence-corrected chi connectivity index (χ1v) is 9.88. The van der Waals surface area contributed by atoms with Crippen LogP contribution < -0.4 is 10.1 Å². The van der Waals surface area contributed by atoms with E-state index in [1.807, 2.05) is 48.7 Å². The maximum atomic E-state index is 12.9. The van der Waals surface area contributed by atoms with Crippen molar-refractivity contribution in [2.75, 3.05) is 11.1 Å². The fraction of sp³-hybridized carbons (Fsp3) is 0.250. The molecule has 1 aromatic heterocycles. The van der Waals surface area contributed by atoms with E-state index in [2.05, 4.69) is 15.5 Å². The van der Waals surface area contributed by atoms with Gasteiger partial charge >= 0.3 is 0 Å². The van der Waals surface area contributed by atoms with Crippen LogP contribution in [0.15, 0.2) is 59.8 Å². The lowest BCUT2D eigenvalue weighted by Gasteiger charge is -2.15. The molecule has 0 aliphatic carbocycles. The zero-order chi connectivity index (χ0) is 19.9. The minimum atomic E-state index is -0.345. The minimum absolute atomic E-state index is 0.170. The molecule has 0 spiro atoms. The number of rotatable bonds is 8. The van der Waals surface area contributed by atoms with Crippen LogP contribution in [0.2, 0.25) is 0 Å². The summed E-state index contributed by atoms with van der Waals surface area (Å²) in [6.45, 7) is 4.57. The van der Waals surface area contributed by atoms with E-state index in [4.69, 9.17) is 4.74 Å². The third kappa shape index (κ3) is 5.10. The smallest absolute Gasteiger partial charge is 0.234 e. The zero-order valence-electron chi connectivity index (χ0n) is 15.6. The summed E-state index contributed by atoms with van der Waals surface area (Å²) in [5.74, 6) is 1.09. The molecule has 1 heterocycles. The number of aromatic nitrogens is 3. The van der Waals surface area contributed by atoms with Gasteiger partial charge in [-0.05, 0) is 50.2 Å². The highest BCUT2D eigenvalue weighted by Crippen LogP contribution is 2.24. The number of benzene rings is 2. The maximum absolute atomic E-state index is 12.9. The molecule has 0 unspecified atom stereocenters. The fourth-order valence-corrected chi connectivity index (χ4v) is 3.43. The van der Waals surface area contributed by atoms with Crippen molar-refractivity contribution in [3.63, 3.8) is 0 Å². The number of carbonyl (C=O) groups excluding carboxylic acids is 1. The molecule has 0 aliphatic rings. The second-order valence-corrected chi connectivity index (χ2v) is 6.94. The largest absolute Gasteiger partial charge is 0.483 e. The number of nitrogens with one attached hydrogen (secondary N) is 1. The lowest BCUT2D eigenvalue weighted by Crippen LogP contribution is -2.15. The monoisotopic (exact) mass is 400 g/mol. The summed E-state index contributed by atoms with van der Waals surface area (Å²) >= 11 is 1.29. The van der Waals surface area contributed by atoms with E-state index in [1.54, 1.807) is 0 Å². The number of amides is 1. The Hall–Kier alpha value is -2.87. The summed E-state index contributed by atoms with van der Waals surface area (Å²) in [7, 11) is 0. The third-order valence-electron chi connectivity index (χ3n) is 3.94. The van der Waals surface area contributed by atoms with Crippen molar-refractivity contribution >= 4 is 23.4 Å². The molecule has 0 fully saturated rings. The van der Waals surface area contributed by atoms with Gasteiger partial charge in [-0.25, -0.2) is 4.39 Å². The van der Waals surface area contributed by atoms with Crippen molar-refractivity contribution < 1.29 is 13.9 Å². The SMILES string of the molecule is CCn1c(SCC(=O)Nc2ccc(F)cc2)nnc1[C@H](C)Oc1ccccc1. The van der Waals surface area contributed by atoms with Crippen LogP contribution in [0.3, 0.4) is 0 Å². The van der Waals surface area contributed by atoms with Crippen LogP contribution in [-0.2, 0) is 11.3 Å². The van der Waals surface area contributed by atoms with Crippen molar-refractivity contribution in [3.05, 3.63) is 66.2 Å². The highest BCUT2D eigenvalue weighted by molar-refractivity contribution is 7.99. The molecule has 1 amide bonds. The second kappa shape index (κ2) is 9.36. The molecular formula is C20H21FN4O2S. The lowest BCUT2D eigenvalue weighted by molar-refractivity contribution is -0.113. The van der Waals surface area contributed by atoms with Gasteiger partial charge in [-0.3, -0.25) is 4.79 Å². The van der Waals surface area contributed by atoms with Gasteiger partial charge in [-0.2, -0.15) is 0 Å². The number of carbonyl (C=O) groups is 1. The van der Waals surface area contributed by atoms with Crippen LogP contribution in [0.1, 0.15) is 25.8 Å². The standard InChI is InChI=1S/C20H21FN4O2S/c1-3-25-19(14(2)27-17-7-5-4-6-8-17)23-24-20(25)28-13-18(26)22-16-11-9-15(21)10-12-16/h4-12,14H,3,13H2,1-2H3,(H,22,26)/t14-/m0/s1. The molecule has 0 saturated heterocycles. The molecule has 146 valence electrons. The Morgan fingerprint density at radius 1 is 1.18 bits per heavy atom. The average Bonchev–Trinajstić information content (AvgIpc) is 3.12. The van der Waals surface area contributed by atoms with Crippen molar-refractivity contribution in [2.24, 2.45) is 0 Å². The molecule has 6 nitrogen and oxygen atoms in total. The molecule has 1 atom stereocenters. The van der Waals surface area contributed by atoms with E-state index >= 15 is 0 Å². The summed E-state index contributed by atoms with van der Waals surface area (Å²) < 4.78 is 20.8. The molecule has 0 saturated carbocycles. The normalized spacial score (nSPS) is 11.8. The second-order valence-electron chi connectivity index (χ2n) is 6.00. The van der Waals surface area contributed by atoms with E-state index in [9.17, 15) is 9.18 Å². The topological polar surface area (TPSA) is 69.0 Å². The Kier molecular flexibility index (Phi) is 6.65. The Bertz CT molecular complexity index is 916. The summed E-state index contributed by atoms with van der Waals surface area (Å²) in [4.78, 5) is 12.1. The molecule has 2 aromatic carbocycles. The Morgan fingerprint density at radius 3 is 2.57 bits per heavy atom. The number of thioether (sulfide) groups is 1. The summed E-state index contributed by atoms with van der Waals surface area (Å²) in [5.41, 5.74) is 0.550. The lowest BCUT2D eigenvalue weighted by atomic mass is 10.3. The molecule has 0 aliphatic heterocycles. The van der Waals surface area contributed by atoms with Gasteiger partial charge in [0.25, 0.3) is 0 Å². The molecule has 0 radical (unpaired) electrons. The summed E-state index contributed by atoms with van der Waals surface area (Å²) in [6.07, 6.45) is -0.280. The van der Waals surface area contributed by atoms with E-state index in [0.717, 1.165) is 5.75 Å². The first-order valence-electron chi connectivity index (χ1n) is 8.90. The van der Waals surface area contributed by atoms with E-state index in [0.29, 0.717) is 23.2 Å². The zero-order valence-corrected chi connectivity index (χ0v) is 16.4. The van der Waals surface area contributed by atoms with Crippen LogP contribution in [0, 0.1) is 5.82 Å². The third-order valence-corrected chi connectivity index (χ3v) is 4.91. The number of hydrogen-bond acceptors (Lipinski definition) is 5. The minimum Gasteiger partial charge on any atom is -0.483 e. The highest BCUT2D eigenvalue weighted by atomic mass is 32.2. The van der Waals surface area contributed by atoms with Crippen molar-refractivity contribution in [1.82, 2.24) is 14.8 Å². The molecular weight excluding hydrogens is 379 g/mol. The predicted octanol–water partition coefficient (Wildman–Crippen LogP) is 4.31. The Labute approximate surface area is 167 Å². The fourth-order valence-electron chi connectivity index (χ4n) is 2.62. The summed E-state index contributed by atoms with van der Waals surface area (Å²) in [5, 5.41) is 11.8. The first-order chi connectivity index (χ1) is 13.6. The van der Waals surface area contributed by atoms with Crippen LogP contribution in [0.4, 0.5) is 10.1 Å². The quantitative estimate of drug-likeness (QED) is 0.571. The Balaban J connectivity index is 1.61. The van der Waals surface area contributed by atoms with E-state index in [-0.39, 0.29) is 23.6 Å². The van der Waals surface area contributed by atoms with E-state index < -0.39 is 0 Å². The molecule has 8 heteroatoms. The molecule has 1 N–H and O–H groups in total. The van der Waals surface area contributed by atoms with Gasteiger partial charge in [0.05, 0.1) is 5.75 Å². The van der Waals surface area contributed by atoms with Crippen molar-refractivity contribution in [1.29, 1.82) is 0 Å². The van der Waals surface area contributed by atoms with Gasteiger partial charge in [0.1, 0.15) is 11.6 Å². The van der Waals surface area contributed by atoms with Crippen LogP contribution in [0.25, 0.3) is 0 Å². The van der Waals surface area contributed by atoms with Gasteiger partial charge in [0.15, 0.2) is 17.1 Å². The summed E-state index contributed by atoms with van der Waals surface area (Å²) in [6, 6.07) is 15.2. The first kappa shape index (κ1) is 19.9. The molecule has 3 rings (SSSR count). The van der Waals surface area contributed by atoms with Crippen molar-refractivity contribution in [3.8, 4) is 5.75 Å². The number of hydrogen-bond donors (Lipinski definition) is 1. The number of para-hydroxylation sites is 1. The molecule has 3 aromatic rings.